The Morgan fingerprint density at radius 2 is 2.05 bits per heavy atom. The Kier molecular flexibility index (Phi) is 6.05. The van der Waals surface area contributed by atoms with Gasteiger partial charge in [-0.05, 0) is 25.3 Å². The standard InChI is InChI=1S/C16H25NOS/c1-2-11-18-16-10-6-5-9-14(16)15(17)12-19-13-7-3-4-8-13/h5-6,9-10,13,15H,2-4,7-8,11-12,17H2,1H3. The van der Waals surface area contributed by atoms with Gasteiger partial charge >= 0.3 is 0 Å². The van der Waals surface area contributed by atoms with Gasteiger partial charge in [-0.15, -0.1) is 0 Å². The fourth-order valence-electron chi connectivity index (χ4n) is 2.51. The molecular weight excluding hydrogens is 254 g/mol. The number of thioether (sulfide) groups is 1. The second-order valence-electron chi connectivity index (χ2n) is 5.23. The van der Waals surface area contributed by atoms with Crippen LogP contribution in [0.15, 0.2) is 24.3 Å². The smallest absolute Gasteiger partial charge is 0.124 e. The van der Waals surface area contributed by atoms with Crippen molar-refractivity contribution in [2.75, 3.05) is 12.4 Å². The molecule has 0 aliphatic heterocycles. The highest BCUT2D eigenvalue weighted by Crippen LogP contribution is 2.33. The lowest BCUT2D eigenvalue weighted by Gasteiger charge is -2.18. The van der Waals surface area contributed by atoms with Crippen molar-refractivity contribution >= 4 is 11.8 Å². The van der Waals surface area contributed by atoms with Crippen LogP contribution in [0.4, 0.5) is 0 Å². The van der Waals surface area contributed by atoms with Crippen LogP contribution in [0.5, 0.6) is 5.75 Å². The molecule has 0 spiro atoms. The SMILES string of the molecule is CCCOc1ccccc1C(N)CSC1CCCC1. The molecule has 1 atom stereocenters. The molecule has 0 amide bonds. The summed E-state index contributed by atoms with van der Waals surface area (Å²) in [5.74, 6) is 1.96. The van der Waals surface area contributed by atoms with Crippen LogP contribution in [0, 0.1) is 0 Å². The maximum atomic E-state index is 6.34. The predicted molar refractivity (Wildman–Crippen MR) is 83.9 cm³/mol. The molecule has 0 bridgehead atoms. The van der Waals surface area contributed by atoms with E-state index >= 15 is 0 Å². The summed E-state index contributed by atoms with van der Waals surface area (Å²) in [4.78, 5) is 0. The highest BCUT2D eigenvalue weighted by Gasteiger charge is 2.18. The van der Waals surface area contributed by atoms with Crippen LogP contribution >= 0.6 is 11.8 Å². The third-order valence-electron chi connectivity index (χ3n) is 3.59. The minimum absolute atomic E-state index is 0.0821. The molecule has 106 valence electrons. The van der Waals surface area contributed by atoms with Crippen LogP contribution in [0.3, 0.4) is 0 Å². The fourth-order valence-corrected chi connectivity index (χ4v) is 3.84. The predicted octanol–water partition coefficient (Wildman–Crippen LogP) is 4.15. The van der Waals surface area contributed by atoms with E-state index in [2.05, 4.69) is 13.0 Å². The molecule has 0 radical (unpaired) electrons. The average molecular weight is 279 g/mol. The number of para-hydroxylation sites is 1. The third-order valence-corrected chi connectivity index (χ3v) is 5.09. The van der Waals surface area contributed by atoms with Crippen molar-refractivity contribution in [3.8, 4) is 5.75 Å². The molecule has 2 rings (SSSR count). The van der Waals surface area contributed by atoms with Gasteiger partial charge in [-0.25, -0.2) is 0 Å². The van der Waals surface area contributed by atoms with Crippen molar-refractivity contribution in [2.24, 2.45) is 5.73 Å². The van der Waals surface area contributed by atoms with Crippen LogP contribution < -0.4 is 10.5 Å². The first-order chi connectivity index (χ1) is 9.31. The minimum atomic E-state index is 0.0821. The van der Waals surface area contributed by atoms with E-state index in [-0.39, 0.29) is 6.04 Å². The number of rotatable bonds is 7. The van der Waals surface area contributed by atoms with Crippen LogP contribution in [-0.4, -0.2) is 17.6 Å². The van der Waals surface area contributed by atoms with Crippen LogP contribution in [0.25, 0.3) is 0 Å². The highest BCUT2D eigenvalue weighted by molar-refractivity contribution is 7.99. The van der Waals surface area contributed by atoms with Crippen LogP contribution in [-0.2, 0) is 0 Å². The summed E-state index contributed by atoms with van der Waals surface area (Å²) in [7, 11) is 0. The maximum Gasteiger partial charge on any atom is 0.124 e. The maximum absolute atomic E-state index is 6.34. The van der Waals surface area contributed by atoms with Crippen molar-refractivity contribution in [1.82, 2.24) is 0 Å². The van der Waals surface area contributed by atoms with Gasteiger partial charge in [0.05, 0.1) is 6.61 Å². The molecule has 1 aromatic rings. The Balaban J connectivity index is 1.91. The van der Waals surface area contributed by atoms with Gasteiger partial charge in [0.1, 0.15) is 5.75 Å². The van der Waals surface area contributed by atoms with E-state index in [1.54, 1.807) is 0 Å². The average Bonchev–Trinajstić information content (AvgIpc) is 2.96. The van der Waals surface area contributed by atoms with Gasteiger partial charge in [0.15, 0.2) is 0 Å². The quantitative estimate of drug-likeness (QED) is 0.814. The zero-order valence-corrected chi connectivity index (χ0v) is 12.6. The molecular formula is C16H25NOS. The molecule has 1 saturated carbocycles. The van der Waals surface area contributed by atoms with E-state index in [1.165, 1.54) is 25.7 Å². The van der Waals surface area contributed by atoms with E-state index in [0.29, 0.717) is 0 Å². The van der Waals surface area contributed by atoms with E-state index in [0.717, 1.165) is 35.3 Å². The molecule has 0 aromatic heterocycles. The Bertz CT molecular complexity index is 377. The largest absolute Gasteiger partial charge is 0.493 e. The molecule has 3 heteroatoms. The van der Waals surface area contributed by atoms with Gasteiger partial charge in [-0.2, -0.15) is 11.8 Å². The Hall–Kier alpha value is -0.670. The minimum Gasteiger partial charge on any atom is -0.493 e. The van der Waals surface area contributed by atoms with Crippen molar-refractivity contribution < 1.29 is 4.74 Å². The summed E-state index contributed by atoms with van der Waals surface area (Å²) in [5, 5.41) is 0.828. The first-order valence-electron chi connectivity index (χ1n) is 7.40. The van der Waals surface area contributed by atoms with E-state index in [4.69, 9.17) is 10.5 Å². The normalized spacial score (nSPS) is 17.6. The summed E-state index contributed by atoms with van der Waals surface area (Å²) in [6, 6.07) is 8.29. The molecule has 0 saturated heterocycles. The molecule has 1 aliphatic carbocycles. The molecule has 0 heterocycles. The summed E-state index contributed by atoms with van der Waals surface area (Å²) in [6.07, 6.45) is 6.54. The second kappa shape index (κ2) is 7.81. The zero-order chi connectivity index (χ0) is 13.5. The monoisotopic (exact) mass is 279 g/mol. The molecule has 1 aromatic carbocycles. The first-order valence-corrected chi connectivity index (χ1v) is 8.45. The number of benzene rings is 1. The Morgan fingerprint density at radius 1 is 1.32 bits per heavy atom. The lowest BCUT2D eigenvalue weighted by Crippen LogP contribution is -2.16. The van der Waals surface area contributed by atoms with Gasteiger partial charge in [-0.3, -0.25) is 0 Å². The van der Waals surface area contributed by atoms with E-state index in [9.17, 15) is 0 Å². The van der Waals surface area contributed by atoms with Crippen LogP contribution in [0.2, 0.25) is 0 Å². The summed E-state index contributed by atoms with van der Waals surface area (Å²) in [5.41, 5.74) is 7.50. The molecule has 2 nitrogen and oxygen atoms in total. The first kappa shape index (κ1) is 14.7. The second-order valence-corrected chi connectivity index (χ2v) is 6.57. The summed E-state index contributed by atoms with van der Waals surface area (Å²) in [6.45, 7) is 2.89. The fraction of sp³-hybridized carbons (Fsp3) is 0.625. The number of ether oxygens (including phenoxy) is 1. The van der Waals surface area contributed by atoms with Crippen molar-refractivity contribution in [2.45, 2.75) is 50.3 Å². The topological polar surface area (TPSA) is 35.2 Å². The number of nitrogens with two attached hydrogens (primary N) is 1. The third kappa shape index (κ3) is 4.43. The van der Waals surface area contributed by atoms with Gasteiger partial charge in [0.2, 0.25) is 0 Å². The molecule has 1 aliphatic rings. The molecule has 1 unspecified atom stereocenters. The van der Waals surface area contributed by atoms with E-state index < -0.39 is 0 Å². The summed E-state index contributed by atoms with van der Waals surface area (Å²) >= 11 is 2.04. The van der Waals surface area contributed by atoms with Crippen LogP contribution in [0.1, 0.15) is 50.6 Å². The Labute approximate surface area is 121 Å². The van der Waals surface area contributed by atoms with Gasteiger partial charge in [0, 0.05) is 22.6 Å². The van der Waals surface area contributed by atoms with Gasteiger partial charge in [0.25, 0.3) is 0 Å². The zero-order valence-electron chi connectivity index (χ0n) is 11.8. The lowest BCUT2D eigenvalue weighted by atomic mass is 10.1. The lowest BCUT2D eigenvalue weighted by molar-refractivity contribution is 0.313. The van der Waals surface area contributed by atoms with Gasteiger partial charge in [-0.1, -0.05) is 38.0 Å². The number of hydrogen-bond acceptors (Lipinski definition) is 3. The van der Waals surface area contributed by atoms with Crippen molar-refractivity contribution in [1.29, 1.82) is 0 Å². The summed E-state index contributed by atoms with van der Waals surface area (Å²) < 4.78 is 5.79. The Morgan fingerprint density at radius 3 is 2.79 bits per heavy atom. The van der Waals surface area contributed by atoms with Crippen molar-refractivity contribution in [3.05, 3.63) is 29.8 Å². The number of hydrogen-bond donors (Lipinski definition) is 1. The van der Waals surface area contributed by atoms with Gasteiger partial charge < -0.3 is 10.5 Å². The highest BCUT2D eigenvalue weighted by atomic mass is 32.2. The molecule has 1 fully saturated rings. The van der Waals surface area contributed by atoms with Crippen molar-refractivity contribution in [3.63, 3.8) is 0 Å². The van der Waals surface area contributed by atoms with E-state index in [1.807, 2.05) is 30.0 Å². The molecule has 2 N–H and O–H groups in total. The molecule has 19 heavy (non-hydrogen) atoms.